The van der Waals surface area contributed by atoms with Crippen LogP contribution in [0.25, 0.3) is 0 Å². The summed E-state index contributed by atoms with van der Waals surface area (Å²) >= 11 is 0. The summed E-state index contributed by atoms with van der Waals surface area (Å²) in [5, 5.41) is 2.88. The topological polar surface area (TPSA) is 38.3 Å². The minimum atomic E-state index is -0.548. The van der Waals surface area contributed by atoms with E-state index in [0.717, 1.165) is 17.7 Å². The van der Waals surface area contributed by atoms with Crippen molar-refractivity contribution in [3.63, 3.8) is 0 Å². The van der Waals surface area contributed by atoms with E-state index in [1.54, 1.807) is 6.92 Å². The summed E-state index contributed by atoms with van der Waals surface area (Å²) in [6.07, 6.45) is 0.438. The van der Waals surface area contributed by atoms with Crippen molar-refractivity contribution in [3.8, 4) is 5.75 Å². The van der Waals surface area contributed by atoms with Crippen LogP contribution in [0.2, 0.25) is 0 Å². The molecule has 0 spiro atoms. The number of amides is 1. The molecule has 0 aliphatic carbocycles. The summed E-state index contributed by atoms with van der Waals surface area (Å²) in [5.41, 5.74) is 4.40. The highest BCUT2D eigenvalue weighted by Crippen LogP contribution is 2.18. The van der Waals surface area contributed by atoms with Crippen LogP contribution < -0.4 is 10.1 Å². The number of anilines is 1. The first-order chi connectivity index (χ1) is 10.5. The van der Waals surface area contributed by atoms with Gasteiger partial charge in [0.25, 0.3) is 5.91 Å². The molecule has 0 radical (unpaired) electrons. The van der Waals surface area contributed by atoms with E-state index in [1.807, 2.05) is 49.4 Å². The van der Waals surface area contributed by atoms with Crippen LogP contribution in [0.1, 0.15) is 30.5 Å². The molecule has 1 amide bonds. The lowest BCUT2D eigenvalue weighted by Crippen LogP contribution is -2.30. The van der Waals surface area contributed by atoms with Crippen LogP contribution in [0.15, 0.2) is 42.5 Å². The van der Waals surface area contributed by atoms with E-state index >= 15 is 0 Å². The maximum atomic E-state index is 12.2. The number of hydrogen-bond donors (Lipinski definition) is 1. The van der Waals surface area contributed by atoms with Gasteiger partial charge in [-0.2, -0.15) is 0 Å². The van der Waals surface area contributed by atoms with E-state index in [9.17, 15) is 4.79 Å². The molecule has 2 rings (SSSR count). The minimum absolute atomic E-state index is 0.150. The second-order valence-electron chi connectivity index (χ2n) is 5.55. The normalized spacial score (nSPS) is 11.8. The highest BCUT2D eigenvalue weighted by molar-refractivity contribution is 5.94. The molecule has 2 aromatic carbocycles. The summed E-state index contributed by atoms with van der Waals surface area (Å²) < 4.78 is 5.72. The van der Waals surface area contributed by atoms with Gasteiger partial charge in [-0.05, 0) is 68.1 Å². The molecule has 0 aliphatic heterocycles. The van der Waals surface area contributed by atoms with Gasteiger partial charge in [0.1, 0.15) is 5.75 Å². The largest absolute Gasteiger partial charge is 0.481 e. The molecule has 1 atom stereocenters. The van der Waals surface area contributed by atoms with E-state index in [4.69, 9.17) is 4.74 Å². The zero-order valence-electron chi connectivity index (χ0n) is 13.6. The van der Waals surface area contributed by atoms with Crippen LogP contribution >= 0.6 is 0 Å². The van der Waals surface area contributed by atoms with Gasteiger partial charge in [-0.1, -0.05) is 25.1 Å². The average Bonchev–Trinajstić information content (AvgIpc) is 2.51. The monoisotopic (exact) mass is 297 g/mol. The van der Waals surface area contributed by atoms with Gasteiger partial charge in [-0.3, -0.25) is 4.79 Å². The third-order valence-corrected chi connectivity index (χ3v) is 3.79. The number of carbonyl (C=O) groups is 1. The molecule has 0 aliphatic rings. The lowest BCUT2D eigenvalue weighted by molar-refractivity contribution is -0.122. The third kappa shape index (κ3) is 4.10. The average molecular weight is 297 g/mol. The van der Waals surface area contributed by atoms with Gasteiger partial charge in [0.2, 0.25) is 0 Å². The van der Waals surface area contributed by atoms with Crippen LogP contribution in [0, 0.1) is 13.8 Å². The SMILES string of the molecule is CCc1ccc(NC(=O)[C@@H](C)Oc2ccc(C)c(C)c2)cc1. The number of benzene rings is 2. The Balaban J connectivity index is 1.97. The van der Waals surface area contributed by atoms with E-state index in [0.29, 0.717) is 5.75 Å². The second-order valence-corrected chi connectivity index (χ2v) is 5.55. The van der Waals surface area contributed by atoms with Crippen molar-refractivity contribution in [2.75, 3.05) is 5.32 Å². The Kier molecular flexibility index (Phi) is 5.21. The maximum absolute atomic E-state index is 12.2. The van der Waals surface area contributed by atoms with Gasteiger partial charge >= 0.3 is 0 Å². The molecule has 0 heterocycles. The number of nitrogens with one attached hydrogen (secondary N) is 1. The van der Waals surface area contributed by atoms with Gasteiger partial charge in [0.15, 0.2) is 6.10 Å². The molecule has 22 heavy (non-hydrogen) atoms. The summed E-state index contributed by atoms with van der Waals surface area (Å²) in [5.74, 6) is 0.564. The Morgan fingerprint density at radius 3 is 2.36 bits per heavy atom. The number of aryl methyl sites for hydroxylation is 3. The number of carbonyl (C=O) groups excluding carboxylic acids is 1. The quantitative estimate of drug-likeness (QED) is 0.895. The van der Waals surface area contributed by atoms with Crippen molar-refractivity contribution in [1.29, 1.82) is 0 Å². The zero-order chi connectivity index (χ0) is 16.1. The lowest BCUT2D eigenvalue weighted by Gasteiger charge is -2.15. The Labute approximate surface area is 132 Å². The molecule has 0 bridgehead atoms. The molecule has 0 fully saturated rings. The summed E-state index contributed by atoms with van der Waals surface area (Å²) in [4.78, 5) is 12.2. The van der Waals surface area contributed by atoms with Gasteiger partial charge in [-0.15, -0.1) is 0 Å². The molecule has 3 nitrogen and oxygen atoms in total. The number of rotatable bonds is 5. The van der Waals surface area contributed by atoms with Crippen LogP contribution in [0.4, 0.5) is 5.69 Å². The molecule has 1 N–H and O–H groups in total. The number of ether oxygens (including phenoxy) is 1. The first-order valence-electron chi connectivity index (χ1n) is 7.63. The van der Waals surface area contributed by atoms with Crippen molar-refractivity contribution in [3.05, 3.63) is 59.2 Å². The van der Waals surface area contributed by atoms with Crippen molar-refractivity contribution < 1.29 is 9.53 Å². The fraction of sp³-hybridized carbons (Fsp3) is 0.316. The lowest BCUT2D eigenvalue weighted by atomic mass is 10.1. The molecule has 0 saturated heterocycles. The smallest absolute Gasteiger partial charge is 0.265 e. The minimum Gasteiger partial charge on any atom is -0.481 e. The molecular formula is C19H23NO2. The van der Waals surface area contributed by atoms with Crippen molar-refractivity contribution >= 4 is 11.6 Å². The highest BCUT2D eigenvalue weighted by atomic mass is 16.5. The molecule has 0 saturated carbocycles. The standard InChI is InChI=1S/C19H23NO2/c1-5-16-7-9-17(10-8-16)20-19(21)15(4)22-18-11-6-13(2)14(3)12-18/h6-12,15H,5H2,1-4H3,(H,20,21)/t15-/m1/s1. The Hall–Kier alpha value is -2.29. The van der Waals surface area contributed by atoms with Crippen LogP contribution in [0.3, 0.4) is 0 Å². The van der Waals surface area contributed by atoms with Crippen LogP contribution in [0.5, 0.6) is 5.75 Å². The van der Waals surface area contributed by atoms with Gasteiger partial charge in [-0.25, -0.2) is 0 Å². The predicted molar refractivity (Wildman–Crippen MR) is 90.5 cm³/mol. The summed E-state index contributed by atoms with van der Waals surface area (Å²) in [6.45, 7) is 7.94. The molecule has 2 aromatic rings. The third-order valence-electron chi connectivity index (χ3n) is 3.79. The molecule has 0 unspecified atom stereocenters. The fourth-order valence-corrected chi connectivity index (χ4v) is 2.11. The molecular weight excluding hydrogens is 274 g/mol. The maximum Gasteiger partial charge on any atom is 0.265 e. The zero-order valence-corrected chi connectivity index (χ0v) is 13.6. The predicted octanol–water partition coefficient (Wildman–Crippen LogP) is 4.27. The van der Waals surface area contributed by atoms with Crippen LogP contribution in [-0.4, -0.2) is 12.0 Å². The fourth-order valence-electron chi connectivity index (χ4n) is 2.11. The first kappa shape index (κ1) is 16.1. The number of hydrogen-bond acceptors (Lipinski definition) is 2. The van der Waals surface area contributed by atoms with E-state index in [-0.39, 0.29) is 5.91 Å². The van der Waals surface area contributed by atoms with Crippen molar-refractivity contribution in [2.45, 2.75) is 40.2 Å². The van der Waals surface area contributed by atoms with Crippen molar-refractivity contribution in [1.82, 2.24) is 0 Å². The summed E-state index contributed by atoms with van der Waals surface area (Å²) in [7, 11) is 0. The van der Waals surface area contributed by atoms with Gasteiger partial charge in [0, 0.05) is 5.69 Å². The second kappa shape index (κ2) is 7.12. The van der Waals surface area contributed by atoms with Gasteiger partial charge < -0.3 is 10.1 Å². The Bertz CT molecular complexity index is 647. The molecule has 116 valence electrons. The summed E-state index contributed by atoms with van der Waals surface area (Å²) in [6, 6.07) is 13.7. The van der Waals surface area contributed by atoms with Crippen molar-refractivity contribution in [2.24, 2.45) is 0 Å². The highest BCUT2D eigenvalue weighted by Gasteiger charge is 2.15. The molecule has 0 aromatic heterocycles. The Morgan fingerprint density at radius 2 is 1.77 bits per heavy atom. The van der Waals surface area contributed by atoms with Gasteiger partial charge in [0.05, 0.1) is 0 Å². The van der Waals surface area contributed by atoms with E-state index in [2.05, 4.69) is 19.2 Å². The van der Waals surface area contributed by atoms with E-state index in [1.165, 1.54) is 11.1 Å². The first-order valence-corrected chi connectivity index (χ1v) is 7.63. The molecule has 3 heteroatoms. The Morgan fingerprint density at radius 1 is 1.09 bits per heavy atom. The van der Waals surface area contributed by atoms with E-state index < -0.39 is 6.10 Å². The van der Waals surface area contributed by atoms with Crippen LogP contribution in [-0.2, 0) is 11.2 Å².